The predicted molar refractivity (Wildman–Crippen MR) is 141 cm³/mol. The summed E-state index contributed by atoms with van der Waals surface area (Å²) in [6, 6.07) is 20.7. The van der Waals surface area contributed by atoms with Crippen LogP contribution in [0, 0.1) is 6.92 Å². The summed E-state index contributed by atoms with van der Waals surface area (Å²) in [6.45, 7) is 1.97. The quantitative estimate of drug-likeness (QED) is 0.300. The largest absolute Gasteiger partial charge is 0.497 e. The van der Waals surface area contributed by atoms with Crippen molar-refractivity contribution in [1.29, 1.82) is 0 Å². The summed E-state index contributed by atoms with van der Waals surface area (Å²) in [5, 5.41) is 4.67. The zero-order valence-electron chi connectivity index (χ0n) is 19.5. The van der Waals surface area contributed by atoms with Gasteiger partial charge in [-0.15, -0.1) is 0 Å². The van der Waals surface area contributed by atoms with Crippen LogP contribution in [0.1, 0.15) is 29.1 Å². The zero-order valence-corrected chi connectivity index (χ0v) is 21.1. The number of hydrogen-bond donors (Lipinski definition) is 1. The van der Waals surface area contributed by atoms with E-state index < -0.39 is 0 Å². The van der Waals surface area contributed by atoms with Gasteiger partial charge < -0.3 is 24.1 Å². The minimum Gasteiger partial charge on any atom is -0.497 e. The van der Waals surface area contributed by atoms with Crippen LogP contribution in [0.2, 0.25) is 5.02 Å². The molecule has 0 amide bonds. The van der Waals surface area contributed by atoms with Gasteiger partial charge >= 0.3 is 0 Å². The smallest absolute Gasteiger partial charge is 0.174 e. The van der Waals surface area contributed by atoms with Crippen LogP contribution in [0.3, 0.4) is 0 Å². The number of thiocarbonyl (C=S) groups is 1. The third-order valence-corrected chi connectivity index (χ3v) is 6.84. The number of methoxy groups -OCH3 is 2. The van der Waals surface area contributed by atoms with Crippen molar-refractivity contribution in [3.05, 3.63) is 95.0 Å². The molecule has 8 heteroatoms. The van der Waals surface area contributed by atoms with Gasteiger partial charge in [0.1, 0.15) is 29.1 Å². The number of furan rings is 1. The molecule has 0 spiro atoms. The highest BCUT2D eigenvalue weighted by molar-refractivity contribution is 7.80. The zero-order chi connectivity index (χ0) is 24.5. The van der Waals surface area contributed by atoms with Gasteiger partial charge in [-0.2, -0.15) is 0 Å². The molecule has 0 saturated carbocycles. The summed E-state index contributed by atoms with van der Waals surface area (Å²) in [4.78, 5) is 6.60. The molecule has 5 rings (SSSR count). The first-order valence-corrected chi connectivity index (χ1v) is 11.9. The third kappa shape index (κ3) is 4.33. The number of aromatic nitrogens is 1. The van der Waals surface area contributed by atoms with Crippen molar-refractivity contribution in [3.8, 4) is 22.8 Å². The number of hydrogen-bond acceptors (Lipinski definition) is 5. The molecule has 1 N–H and O–H groups in total. The second-order valence-corrected chi connectivity index (χ2v) is 8.99. The lowest BCUT2D eigenvalue weighted by atomic mass is 10.0. The standard InChI is InChI=1S/C27H24ClN3O3S/c1-16-7-8-17(14-19(16)28)22-11-12-24(34-22)26-25(20-6-4-5-13-29-20)30-27(35)31(26)21-15-18(32-2)9-10-23(21)33-3/h4-15,25-26H,1-3H3,(H,30,35). The van der Waals surface area contributed by atoms with E-state index in [4.69, 9.17) is 37.7 Å². The second kappa shape index (κ2) is 9.60. The predicted octanol–water partition coefficient (Wildman–Crippen LogP) is 6.50. The monoisotopic (exact) mass is 505 g/mol. The van der Waals surface area contributed by atoms with Gasteiger partial charge in [0.05, 0.1) is 31.6 Å². The number of aryl methyl sites for hydroxylation is 1. The number of anilines is 1. The maximum Gasteiger partial charge on any atom is 0.174 e. The lowest BCUT2D eigenvalue weighted by Gasteiger charge is -2.27. The molecule has 1 fully saturated rings. The fourth-order valence-electron chi connectivity index (χ4n) is 4.30. The molecule has 6 nitrogen and oxygen atoms in total. The van der Waals surface area contributed by atoms with Crippen LogP contribution in [0.5, 0.6) is 11.5 Å². The number of nitrogens with one attached hydrogen (secondary N) is 1. The molecule has 0 aliphatic carbocycles. The molecule has 2 unspecified atom stereocenters. The Hall–Kier alpha value is -3.55. The maximum absolute atomic E-state index is 6.43. The average molecular weight is 506 g/mol. The number of benzene rings is 2. The van der Waals surface area contributed by atoms with Gasteiger partial charge in [-0.25, -0.2) is 0 Å². The van der Waals surface area contributed by atoms with Crippen LogP contribution in [-0.2, 0) is 0 Å². The lowest BCUT2D eigenvalue weighted by molar-refractivity contribution is 0.400. The van der Waals surface area contributed by atoms with E-state index in [9.17, 15) is 0 Å². The lowest BCUT2D eigenvalue weighted by Crippen LogP contribution is -2.29. The Balaban J connectivity index is 1.64. The average Bonchev–Trinajstić information content (AvgIpc) is 3.50. The molecule has 1 aliphatic heterocycles. The SMILES string of the molecule is COc1ccc(OC)c(N2C(=S)NC(c3ccccn3)C2c2ccc(-c3ccc(C)c(Cl)c3)o2)c1. The first-order chi connectivity index (χ1) is 17.0. The van der Waals surface area contributed by atoms with Crippen molar-refractivity contribution in [2.75, 3.05) is 19.1 Å². The highest BCUT2D eigenvalue weighted by Crippen LogP contribution is 2.46. The molecule has 3 heterocycles. The van der Waals surface area contributed by atoms with Crippen molar-refractivity contribution < 1.29 is 13.9 Å². The number of ether oxygens (including phenoxy) is 2. The molecule has 0 bridgehead atoms. The van der Waals surface area contributed by atoms with E-state index >= 15 is 0 Å². The third-order valence-electron chi connectivity index (χ3n) is 6.12. The van der Waals surface area contributed by atoms with Crippen LogP contribution in [0.4, 0.5) is 5.69 Å². The molecule has 2 aromatic heterocycles. The number of rotatable bonds is 6. The van der Waals surface area contributed by atoms with Gasteiger partial charge in [0, 0.05) is 22.8 Å². The van der Waals surface area contributed by atoms with E-state index in [2.05, 4.69) is 10.3 Å². The molecule has 2 atom stereocenters. The minimum absolute atomic E-state index is 0.250. The summed E-state index contributed by atoms with van der Waals surface area (Å²) in [7, 11) is 3.26. The topological polar surface area (TPSA) is 59.8 Å². The van der Waals surface area contributed by atoms with Gasteiger partial charge in [-0.05, 0) is 67.2 Å². The highest BCUT2D eigenvalue weighted by Gasteiger charge is 2.43. The summed E-state index contributed by atoms with van der Waals surface area (Å²) < 4.78 is 17.6. The van der Waals surface area contributed by atoms with Gasteiger partial charge in [-0.1, -0.05) is 29.8 Å². The Morgan fingerprint density at radius 3 is 2.60 bits per heavy atom. The van der Waals surface area contributed by atoms with Crippen molar-refractivity contribution in [2.45, 2.75) is 19.0 Å². The number of nitrogens with zero attached hydrogens (tertiary/aromatic N) is 2. The van der Waals surface area contributed by atoms with E-state index in [-0.39, 0.29) is 12.1 Å². The fourth-order valence-corrected chi connectivity index (χ4v) is 4.82. The van der Waals surface area contributed by atoms with Crippen molar-refractivity contribution in [3.63, 3.8) is 0 Å². The van der Waals surface area contributed by atoms with E-state index in [1.54, 1.807) is 20.4 Å². The number of pyridine rings is 1. The molecule has 0 radical (unpaired) electrons. The Morgan fingerprint density at radius 1 is 1.03 bits per heavy atom. The van der Waals surface area contributed by atoms with Crippen molar-refractivity contribution in [2.24, 2.45) is 0 Å². The fraction of sp³-hybridized carbons (Fsp3) is 0.185. The van der Waals surface area contributed by atoms with E-state index in [0.29, 0.717) is 21.6 Å². The van der Waals surface area contributed by atoms with E-state index in [0.717, 1.165) is 34.0 Å². The maximum atomic E-state index is 6.43. The van der Waals surface area contributed by atoms with Crippen LogP contribution in [-0.4, -0.2) is 24.3 Å². The molecule has 35 heavy (non-hydrogen) atoms. The normalized spacial score (nSPS) is 17.4. The van der Waals surface area contributed by atoms with Gasteiger partial charge in [0.25, 0.3) is 0 Å². The van der Waals surface area contributed by atoms with Crippen LogP contribution < -0.4 is 19.7 Å². The first-order valence-electron chi connectivity index (χ1n) is 11.1. The van der Waals surface area contributed by atoms with Gasteiger partial charge in [-0.3, -0.25) is 4.98 Å². The van der Waals surface area contributed by atoms with Crippen LogP contribution >= 0.6 is 23.8 Å². The van der Waals surface area contributed by atoms with E-state index in [1.165, 1.54) is 0 Å². The highest BCUT2D eigenvalue weighted by atomic mass is 35.5. The first kappa shape index (κ1) is 23.2. The summed E-state index contributed by atoms with van der Waals surface area (Å²) >= 11 is 12.2. The molecular formula is C27H24ClN3O3S. The summed E-state index contributed by atoms with van der Waals surface area (Å²) in [5.74, 6) is 2.80. The van der Waals surface area contributed by atoms with E-state index in [1.807, 2.05) is 78.6 Å². The van der Waals surface area contributed by atoms with Gasteiger partial charge in [0.15, 0.2) is 5.11 Å². The molecular weight excluding hydrogens is 482 g/mol. The molecule has 178 valence electrons. The Labute approximate surface area is 214 Å². The molecule has 2 aromatic carbocycles. The van der Waals surface area contributed by atoms with Crippen molar-refractivity contribution >= 4 is 34.6 Å². The van der Waals surface area contributed by atoms with Crippen LogP contribution in [0.25, 0.3) is 11.3 Å². The minimum atomic E-state index is -0.326. The molecule has 1 aliphatic rings. The molecule has 4 aromatic rings. The Morgan fingerprint density at radius 2 is 1.89 bits per heavy atom. The summed E-state index contributed by atoms with van der Waals surface area (Å²) in [6.07, 6.45) is 1.77. The van der Waals surface area contributed by atoms with Gasteiger partial charge in [0.2, 0.25) is 0 Å². The Kier molecular flexibility index (Phi) is 6.36. The van der Waals surface area contributed by atoms with Crippen LogP contribution in [0.15, 0.2) is 77.3 Å². The Bertz CT molecular complexity index is 1380. The number of halogens is 1. The second-order valence-electron chi connectivity index (χ2n) is 8.20. The van der Waals surface area contributed by atoms with Crippen molar-refractivity contribution in [1.82, 2.24) is 10.3 Å². The summed E-state index contributed by atoms with van der Waals surface area (Å²) in [5.41, 5.74) is 3.53. The molecule has 1 saturated heterocycles.